The van der Waals surface area contributed by atoms with Gasteiger partial charge in [0, 0.05) is 12.5 Å². The molecule has 0 spiro atoms. The number of carbonyl (C=O) groups excluding carboxylic acids is 1. The van der Waals surface area contributed by atoms with Crippen LogP contribution in [-0.2, 0) is 9.53 Å². The highest BCUT2D eigenvalue weighted by Gasteiger charge is 2.21. The molecule has 0 heterocycles. The van der Waals surface area contributed by atoms with Crippen LogP contribution in [0.15, 0.2) is 37.0 Å². The van der Waals surface area contributed by atoms with Crippen molar-refractivity contribution in [2.75, 3.05) is 0 Å². The van der Waals surface area contributed by atoms with E-state index in [-0.39, 0.29) is 6.10 Å². The minimum atomic E-state index is -0.522. The minimum Gasteiger partial charge on any atom is -0.459 e. The average molecular weight is 264 g/mol. The third kappa shape index (κ3) is 6.39. The fourth-order valence-electron chi connectivity index (χ4n) is 2.29. The Kier molecular flexibility index (Phi) is 7.19. The zero-order valence-electron chi connectivity index (χ0n) is 11.6. The highest BCUT2D eigenvalue weighted by Crippen LogP contribution is 2.28. The Morgan fingerprint density at radius 2 is 2.16 bits per heavy atom. The van der Waals surface area contributed by atoms with E-state index in [9.17, 15) is 9.90 Å². The molecule has 2 atom stereocenters. The van der Waals surface area contributed by atoms with Crippen LogP contribution in [0.5, 0.6) is 0 Å². The molecule has 0 aromatic rings. The van der Waals surface area contributed by atoms with Crippen molar-refractivity contribution in [3.8, 4) is 0 Å². The van der Waals surface area contributed by atoms with Crippen LogP contribution in [0.4, 0.5) is 0 Å². The lowest BCUT2D eigenvalue weighted by Crippen LogP contribution is -2.16. The van der Waals surface area contributed by atoms with Crippen molar-refractivity contribution in [3.63, 3.8) is 0 Å². The molecular formula is C16H24O3. The molecule has 1 rings (SSSR count). The maximum atomic E-state index is 11.5. The minimum absolute atomic E-state index is 0.169. The quantitative estimate of drug-likeness (QED) is 0.436. The standard InChI is InChI=1S/C16H24O3/c1-3-4-5-8-13(2)19-16(18)12-11-15(17)14-9-6-7-10-14/h3-5,11-15,17H,1,6-10H2,2H3/b5-4+,12-11+/t13?,15-/m1/s1. The number of aliphatic hydroxyl groups excluding tert-OH is 1. The Labute approximate surface area is 115 Å². The zero-order chi connectivity index (χ0) is 14.1. The Morgan fingerprint density at radius 1 is 1.47 bits per heavy atom. The van der Waals surface area contributed by atoms with Crippen molar-refractivity contribution in [2.24, 2.45) is 5.92 Å². The molecule has 1 aliphatic carbocycles. The van der Waals surface area contributed by atoms with Gasteiger partial charge in [-0.3, -0.25) is 0 Å². The molecule has 1 saturated carbocycles. The molecular weight excluding hydrogens is 240 g/mol. The molecule has 1 fully saturated rings. The van der Waals surface area contributed by atoms with E-state index >= 15 is 0 Å². The van der Waals surface area contributed by atoms with Crippen LogP contribution in [0.25, 0.3) is 0 Å². The normalized spacial score (nSPS) is 19.9. The summed E-state index contributed by atoms with van der Waals surface area (Å²) in [6.07, 6.45) is 12.7. The van der Waals surface area contributed by atoms with Crippen LogP contribution in [-0.4, -0.2) is 23.3 Å². The first kappa shape index (κ1) is 15.7. The SMILES string of the molecule is C=C/C=C/CC(C)OC(=O)/C=C/[C@@H](O)C1CCCC1. The molecule has 1 unspecified atom stereocenters. The van der Waals surface area contributed by atoms with Gasteiger partial charge in [0.05, 0.1) is 6.10 Å². The molecule has 0 radical (unpaired) electrons. The van der Waals surface area contributed by atoms with Gasteiger partial charge in [0.25, 0.3) is 0 Å². The van der Waals surface area contributed by atoms with E-state index in [1.807, 2.05) is 19.1 Å². The molecule has 0 aliphatic heterocycles. The monoisotopic (exact) mass is 264 g/mol. The number of allylic oxidation sites excluding steroid dienone is 2. The van der Waals surface area contributed by atoms with Gasteiger partial charge < -0.3 is 9.84 Å². The topological polar surface area (TPSA) is 46.5 Å². The molecule has 0 amide bonds. The molecule has 1 N–H and O–H groups in total. The van der Waals surface area contributed by atoms with Crippen LogP contribution in [0.1, 0.15) is 39.0 Å². The van der Waals surface area contributed by atoms with Gasteiger partial charge in [0.2, 0.25) is 0 Å². The second kappa shape index (κ2) is 8.70. The fourth-order valence-corrected chi connectivity index (χ4v) is 2.29. The first-order valence-electron chi connectivity index (χ1n) is 6.98. The van der Waals surface area contributed by atoms with Crippen molar-refractivity contribution in [1.82, 2.24) is 0 Å². The van der Waals surface area contributed by atoms with Gasteiger partial charge in [-0.2, -0.15) is 0 Å². The van der Waals surface area contributed by atoms with Crippen molar-refractivity contribution in [1.29, 1.82) is 0 Å². The third-order valence-electron chi connectivity index (χ3n) is 3.37. The highest BCUT2D eigenvalue weighted by molar-refractivity contribution is 5.82. The lowest BCUT2D eigenvalue weighted by Gasteiger charge is -2.13. The second-order valence-electron chi connectivity index (χ2n) is 5.04. The van der Waals surface area contributed by atoms with E-state index < -0.39 is 12.1 Å². The van der Waals surface area contributed by atoms with Crippen molar-refractivity contribution in [3.05, 3.63) is 37.0 Å². The van der Waals surface area contributed by atoms with Crippen LogP contribution in [0.3, 0.4) is 0 Å². The molecule has 0 aromatic carbocycles. The maximum Gasteiger partial charge on any atom is 0.330 e. The van der Waals surface area contributed by atoms with E-state index in [4.69, 9.17) is 4.74 Å². The zero-order valence-corrected chi connectivity index (χ0v) is 11.6. The van der Waals surface area contributed by atoms with Crippen molar-refractivity contribution < 1.29 is 14.6 Å². The summed E-state index contributed by atoms with van der Waals surface area (Å²) < 4.78 is 5.19. The third-order valence-corrected chi connectivity index (χ3v) is 3.37. The number of ether oxygens (including phenoxy) is 1. The molecule has 0 bridgehead atoms. The van der Waals surface area contributed by atoms with Crippen molar-refractivity contribution >= 4 is 5.97 Å². The van der Waals surface area contributed by atoms with E-state index in [0.717, 1.165) is 12.8 Å². The molecule has 1 aliphatic rings. The molecule has 3 heteroatoms. The van der Waals surface area contributed by atoms with Crippen LogP contribution in [0, 0.1) is 5.92 Å². The summed E-state index contributed by atoms with van der Waals surface area (Å²) in [6, 6.07) is 0. The number of rotatable bonds is 7. The molecule has 0 saturated heterocycles. The number of aliphatic hydroxyl groups is 1. The first-order valence-corrected chi connectivity index (χ1v) is 6.98. The first-order chi connectivity index (χ1) is 9.13. The van der Waals surface area contributed by atoms with Crippen LogP contribution < -0.4 is 0 Å². The fraction of sp³-hybridized carbons (Fsp3) is 0.562. The summed E-state index contributed by atoms with van der Waals surface area (Å²) >= 11 is 0. The van der Waals surface area contributed by atoms with E-state index in [2.05, 4.69) is 6.58 Å². The predicted octanol–water partition coefficient (Wildman–Crippen LogP) is 3.16. The van der Waals surface area contributed by atoms with Gasteiger partial charge >= 0.3 is 5.97 Å². The van der Waals surface area contributed by atoms with Gasteiger partial charge in [0.15, 0.2) is 0 Å². The number of carbonyl (C=O) groups is 1. The Morgan fingerprint density at radius 3 is 2.79 bits per heavy atom. The number of esters is 1. The summed E-state index contributed by atoms with van der Waals surface area (Å²) in [6.45, 7) is 5.41. The number of hydrogen-bond acceptors (Lipinski definition) is 3. The second-order valence-corrected chi connectivity index (χ2v) is 5.04. The molecule has 19 heavy (non-hydrogen) atoms. The van der Waals surface area contributed by atoms with Gasteiger partial charge in [-0.15, -0.1) is 0 Å². The van der Waals surface area contributed by atoms with E-state index in [1.165, 1.54) is 18.9 Å². The van der Waals surface area contributed by atoms with Crippen LogP contribution >= 0.6 is 0 Å². The maximum absolute atomic E-state index is 11.5. The smallest absolute Gasteiger partial charge is 0.330 e. The van der Waals surface area contributed by atoms with Gasteiger partial charge in [-0.25, -0.2) is 4.79 Å². The van der Waals surface area contributed by atoms with Gasteiger partial charge in [-0.1, -0.05) is 37.6 Å². The molecule has 3 nitrogen and oxygen atoms in total. The Hall–Kier alpha value is -1.35. The van der Waals surface area contributed by atoms with Crippen LogP contribution in [0.2, 0.25) is 0 Å². The Bertz CT molecular complexity index is 338. The Balaban J connectivity index is 2.28. The number of hydrogen-bond donors (Lipinski definition) is 1. The average Bonchev–Trinajstić information content (AvgIpc) is 2.90. The summed E-state index contributed by atoms with van der Waals surface area (Å²) in [5.41, 5.74) is 0. The van der Waals surface area contributed by atoms with Crippen molar-refractivity contribution in [2.45, 2.75) is 51.2 Å². The highest BCUT2D eigenvalue weighted by atomic mass is 16.5. The molecule has 0 aromatic heterocycles. The van der Waals surface area contributed by atoms with E-state index in [0.29, 0.717) is 12.3 Å². The lowest BCUT2D eigenvalue weighted by molar-refractivity contribution is -0.142. The summed E-state index contributed by atoms with van der Waals surface area (Å²) in [5.74, 6) is -0.0893. The lowest BCUT2D eigenvalue weighted by atomic mass is 10.0. The largest absolute Gasteiger partial charge is 0.459 e. The molecule has 106 valence electrons. The van der Waals surface area contributed by atoms with Gasteiger partial charge in [-0.05, 0) is 31.8 Å². The summed E-state index contributed by atoms with van der Waals surface area (Å²) in [4.78, 5) is 11.5. The van der Waals surface area contributed by atoms with Gasteiger partial charge in [0.1, 0.15) is 6.10 Å². The summed E-state index contributed by atoms with van der Waals surface area (Å²) in [5, 5.41) is 9.89. The van der Waals surface area contributed by atoms with E-state index in [1.54, 1.807) is 12.2 Å². The summed E-state index contributed by atoms with van der Waals surface area (Å²) in [7, 11) is 0. The predicted molar refractivity (Wildman–Crippen MR) is 76.6 cm³/mol.